The molecule has 0 aliphatic rings. The van der Waals surface area contributed by atoms with Crippen molar-refractivity contribution in [1.82, 2.24) is 9.97 Å². The fourth-order valence-corrected chi connectivity index (χ4v) is 2.27. The highest BCUT2D eigenvalue weighted by atomic mass is 35.5. The highest BCUT2D eigenvalue weighted by Crippen LogP contribution is 2.29. The summed E-state index contributed by atoms with van der Waals surface area (Å²) in [5.74, 6) is 0. The van der Waals surface area contributed by atoms with Gasteiger partial charge >= 0.3 is 0 Å². The molecule has 0 spiro atoms. The third kappa shape index (κ3) is 1.31. The van der Waals surface area contributed by atoms with Crippen molar-refractivity contribution in [3.8, 4) is 0 Å². The molecular weight excluding hydrogens is 248 g/mol. The van der Waals surface area contributed by atoms with E-state index in [1.54, 1.807) is 6.07 Å². The van der Waals surface area contributed by atoms with Crippen LogP contribution in [0, 0.1) is 0 Å². The Hall–Kier alpha value is -2.13. The van der Waals surface area contributed by atoms with Crippen molar-refractivity contribution in [2.24, 2.45) is 0 Å². The van der Waals surface area contributed by atoms with Crippen LogP contribution < -0.4 is 0 Å². The summed E-state index contributed by atoms with van der Waals surface area (Å²) < 4.78 is 5.68. The molecule has 0 saturated carbocycles. The zero-order chi connectivity index (χ0) is 12.1. The van der Waals surface area contributed by atoms with Crippen LogP contribution in [-0.2, 0) is 0 Å². The first kappa shape index (κ1) is 9.85. The van der Waals surface area contributed by atoms with E-state index in [0.29, 0.717) is 16.3 Å². The van der Waals surface area contributed by atoms with Gasteiger partial charge in [-0.05, 0) is 24.3 Å². The predicted octanol–water partition coefficient (Wildman–Crippen LogP) is 4.18. The maximum atomic E-state index is 5.95. The second-order valence-corrected chi connectivity index (χ2v) is 4.55. The number of rotatable bonds is 0. The second kappa shape index (κ2) is 3.43. The van der Waals surface area contributed by atoms with Crippen LogP contribution in [0.5, 0.6) is 0 Å². The summed E-state index contributed by atoms with van der Waals surface area (Å²) in [6, 6.07) is 13.3. The fourth-order valence-electron chi connectivity index (χ4n) is 2.11. The number of benzene rings is 2. The molecule has 86 valence electrons. The lowest BCUT2D eigenvalue weighted by Gasteiger charge is -1.94. The van der Waals surface area contributed by atoms with Gasteiger partial charge in [-0.25, -0.2) is 9.97 Å². The Balaban J connectivity index is 2.23. The van der Waals surface area contributed by atoms with Crippen molar-refractivity contribution in [3.63, 3.8) is 0 Å². The van der Waals surface area contributed by atoms with Crippen molar-refractivity contribution >= 4 is 44.8 Å². The summed E-state index contributed by atoms with van der Waals surface area (Å²) in [5.41, 5.74) is 3.73. The third-order valence-corrected chi connectivity index (χ3v) is 3.18. The Morgan fingerprint density at radius 2 is 1.72 bits per heavy atom. The van der Waals surface area contributed by atoms with Crippen molar-refractivity contribution in [2.45, 2.75) is 0 Å². The van der Waals surface area contributed by atoms with Crippen LogP contribution in [0.4, 0.5) is 0 Å². The first-order chi connectivity index (χ1) is 8.81. The van der Waals surface area contributed by atoms with Crippen molar-refractivity contribution in [3.05, 3.63) is 47.5 Å². The van der Waals surface area contributed by atoms with Gasteiger partial charge in [0.05, 0.1) is 11.0 Å². The van der Waals surface area contributed by atoms with Gasteiger partial charge in [-0.3, -0.25) is 0 Å². The number of furan rings is 1. The van der Waals surface area contributed by atoms with E-state index in [2.05, 4.69) is 9.97 Å². The molecule has 4 aromatic rings. The molecule has 18 heavy (non-hydrogen) atoms. The number of aromatic nitrogens is 2. The van der Waals surface area contributed by atoms with E-state index in [1.165, 1.54) is 0 Å². The predicted molar refractivity (Wildman–Crippen MR) is 71.8 cm³/mol. The zero-order valence-electron chi connectivity index (χ0n) is 9.22. The number of hydrogen-bond donors (Lipinski definition) is 0. The Labute approximate surface area is 107 Å². The Kier molecular flexibility index (Phi) is 1.88. The summed E-state index contributed by atoms with van der Waals surface area (Å²) in [4.78, 5) is 9.07. The zero-order valence-corrected chi connectivity index (χ0v) is 9.98. The molecule has 0 saturated heterocycles. The Morgan fingerprint density at radius 3 is 2.56 bits per heavy atom. The molecule has 0 amide bonds. The average Bonchev–Trinajstić information content (AvgIpc) is 2.72. The van der Waals surface area contributed by atoms with Crippen LogP contribution in [0.3, 0.4) is 0 Å². The van der Waals surface area contributed by atoms with Gasteiger partial charge in [0.25, 0.3) is 0 Å². The van der Waals surface area contributed by atoms with Gasteiger partial charge in [0.2, 0.25) is 5.71 Å². The van der Waals surface area contributed by atoms with Gasteiger partial charge in [-0.2, -0.15) is 0 Å². The van der Waals surface area contributed by atoms with Crippen LogP contribution >= 0.6 is 11.6 Å². The molecular formula is C14H7ClN2O. The minimum atomic E-state index is 0.547. The SMILES string of the molecule is Clc1ccc2c(c1)oc1nc3ccccc3nc12. The van der Waals surface area contributed by atoms with Crippen LogP contribution in [0.1, 0.15) is 0 Å². The Morgan fingerprint density at radius 1 is 0.944 bits per heavy atom. The molecule has 0 aliphatic heterocycles. The molecule has 2 aromatic heterocycles. The first-order valence-electron chi connectivity index (χ1n) is 5.56. The highest BCUT2D eigenvalue weighted by Gasteiger charge is 2.11. The summed E-state index contributed by atoms with van der Waals surface area (Å²) in [5, 5.41) is 1.58. The standard InChI is InChI=1S/C14H7ClN2O/c15-8-5-6-9-12(7-8)18-14-13(9)16-10-3-1-2-4-11(10)17-14/h1-7H. The fraction of sp³-hybridized carbons (Fsp3) is 0. The maximum Gasteiger partial charge on any atom is 0.246 e. The average molecular weight is 255 g/mol. The van der Waals surface area contributed by atoms with Gasteiger partial charge in [0.1, 0.15) is 11.1 Å². The van der Waals surface area contributed by atoms with Gasteiger partial charge in [-0.15, -0.1) is 0 Å². The summed E-state index contributed by atoms with van der Waals surface area (Å²) in [6.07, 6.45) is 0. The van der Waals surface area contributed by atoms with Crippen molar-refractivity contribution in [1.29, 1.82) is 0 Å². The van der Waals surface area contributed by atoms with Crippen LogP contribution in [0.25, 0.3) is 33.2 Å². The number of fused-ring (bicyclic) bond motifs is 4. The van der Waals surface area contributed by atoms with E-state index in [9.17, 15) is 0 Å². The maximum absolute atomic E-state index is 5.95. The molecule has 0 N–H and O–H groups in total. The molecule has 4 heteroatoms. The van der Waals surface area contributed by atoms with Crippen molar-refractivity contribution < 1.29 is 4.42 Å². The van der Waals surface area contributed by atoms with Gasteiger partial charge in [-0.1, -0.05) is 23.7 Å². The lowest BCUT2D eigenvalue weighted by molar-refractivity contribution is 0.655. The minimum absolute atomic E-state index is 0.547. The lowest BCUT2D eigenvalue weighted by Crippen LogP contribution is -1.83. The normalized spacial score (nSPS) is 11.6. The summed E-state index contributed by atoms with van der Waals surface area (Å²) >= 11 is 5.95. The highest BCUT2D eigenvalue weighted by molar-refractivity contribution is 6.31. The van der Waals surface area contributed by atoms with E-state index < -0.39 is 0 Å². The van der Waals surface area contributed by atoms with Gasteiger partial charge in [0, 0.05) is 16.5 Å². The molecule has 0 radical (unpaired) electrons. The topological polar surface area (TPSA) is 38.9 Å². The van der Waals surface area contributed by atoms with Crippen LogP contribution in [0.2, 0.25) is 5.02 Å². The monoisotopic (exact) mass is 254 g/mol. The summed E-state index contributed by atoms with van der Waals surface area (Å²) in [6.45, 7) is 0. The molecule has 3 nitrogen and oxygen atoms in total. The molecule has 2 heterocycles. The van der Waals surface area contributed by atoms with E-state index in [1.807, 2.05) is 36.4 Å². The third-order valence-electron chi connectivity index (χ3n) is 2.94. The molecule has 0 atom stereocenters. The van der Waals surface area contributed by atoms with Crippen LogP contribution in [0.15, 0.2) is 46.9 Å². The minimum Gasteiger partial charge on any atom is -0.436 e. The van der Waals surface area contributed by atoms with E-state index in [4.69, 9.17) is 16.0 Å². The molecule has 2 aromatic carbocycles. The number of halogens is 1. The van der Waals surface area contributed by atoms with Crippen molar-refractivity contribution in [2.75, 3.05) is 0 Å². The molecule has 4 rings (SSSR count). The molecule has 0 aliphatic carbocycles. The second-order valence-electron chi connectivity index (χ2n) is 4.11. The van der Waals surface area contributed by atoms with E-state index in [0.717, 1.165) is 21.9 Å². The molecule has 0 unspecified atom stereocenters. The number of para-hydroxylation sites is 2. The molecule has 0 fully saturated rings. The lowest BCUT2D eigenvalue weighted by atomic mass is 10.2. The van der Waals surface area contributed by atoms with E-state index >= 15 is 0 Å². The van der Waals surface area contributed by atoms with Gasteiger partial charge in [0.15, 0.2) is 0 Å². The smallest absolute Gasteiger partial charge is 0.246 e. The van der Waals surface area contributed by atoms with Crippen LogP contribution in [-0.4, -0.2) is 9.97 Å². The summed E-state index contributed by atoms with van der Waals surface area (Å²) in [7, 11) is 0. The van der Waals surface area contributed by atoms with Gasteiger partial charge < -0.3 is 4.42 Å². The molecule has 0 bridgehead atoms. The Bertz CT molecular complexity index is 898. The number of nitrogens with zero attached hydrogens (tertiary/aromatic N) is 2. The quantitative estimate of drug-likeness (QED) is 0.472. The van der Waals surface area contributed by atoms with E-state index in [-0.39, 0.29) is 0 Å². The number of hydrogen-bond acceptors (Lipinski definition) is 3. The largest absolute Gasteiger partial charge is 0.436 e. The first-order valence-corrected chi connectivity index (χ1v) is 5.94.